The fourth-order valence-corrected chi connectivity index (χ4v) is 3.04. The van der Waals surface area contributed by atoms with Gasteiger partial charge >= 0.3 is 6.09 Å². The maximum Gasteiger partial charge on any atom is 0.410 e. The minimum atomic E-state index is -0.548. The van der Waals surface area contributed by atoms with E-state index < -0.39 is 5.60 Å². The number of likely N-dealkylation sites (tertiary alicyclic amines) is 1. The molecule has 1 saturated heterocycles. The summed E-state index contributed by atoms with van der Waals surface area (Å²) in [5, 5.41) is 2.94. The molecule has 1 unspecified atom stereocenters. The third kappa shape index (κ3) is 5.09. The highest BCUT2D eigenvalue weighted by molar-refractivity contribution is 5.93. The molecule has 144 valence electrons. The average Bonchev–Trinajstić information content (AvgIpc) is 3.15. The van der Waals surface area contributed by atoms with E-state index in [0.717, 1.165) is 18.4 Å². The molecule has 1 aliphatic heterocycles. The molecule has 0 spiro atoms. The molecule has 1 aliphatic rings. The zero-order valence-electron chi connectivity index (χ0n) is 15.9. The molecular weight excluding hydrogens is 346 g/mol. The third-order valence-corrected chi connectivity index (χ3v) is 4.29. The number of amides is 2. The van der Waals surface area contributed by atoms with Gasteiger partial charge in [0.2, 0.25) is 5.91 Å². The number of nitrogens with one attached hydrogen (secondary N) is 1. The number of carbonyl (C=O) groups is 2. The number of benzene rings is 1. The second-order valence-electron chi connectivity index (χ2n) is 7.70. The Morgan fingerprint density at radius 2 is 2.15 bits per heavy atom. The minimum Gasteiger partial charge on any atom is -0.444 e. The fraction of sp³-hybridized carbons (Fsp3) is 0.450. The molecule has 1 aromatic heterocycles. The maximum absolute atomic E-state index is 12.7. The number of rotatable bonds is 3. The summed E-state index contributed by atoms with van der Waals surface area (Å²) in [5.74, 6) is 0.276. The third-order valence-electron chi connectivity index (χ3n) is 4.29. The van der Waals surface area contributed by atoms with E-state index in [9.17, 15) is 9.59 Å². The van der Waals surface area contributed by atoms with Crippen LogP contribution in [0.25, 0.3) is 11.3 Å². The highest BCUT2D eigenvalue weighted by Crippen LogP contribution is 2.24. The molecule has 0 aliphatic carbocycles. The normalized spacial score (nSPS) is 17.4. The Morgan fingerprint density at radius 1 is 1.33 bits per heavy atom. The predicted molar refractivity (Wildman–Crippen MR) is 101 cm³/mol. The SMILES string of the molecule is CC(C)(C)OC(=O)N1CCCC(C(=O)Nc2cccc(-c3cnco3)c2)C1. The second-order valence-corrected chi connectivity index (χ2v) is 7.70. The highest BCUT2D eigenvalue weighted by Gasteiger charge is 2.31. The van der Waals surface area contributed by atoms with Crippen LogP contribution in [-0.2, 0) is 9.53 Å². The summed E-state index contributed by atoms with van der Waals surface area (Å²) in [7, 11) is 0. The van der Waals surface area contributed by atoms with Crippen LogP contribution in [0.5, 0.6) is 0 Å². The first-order chi connectivity index (χ1) is 12.8. The number of oxazole rings is 1. The van der Waals surface area contributed by atoms with Gasteiger partial charge < -0.3 is 19.4 Å². The quantitative estimate of drug-likeness (QED) is 0.884. The van der Waals surface area contributed by atoms with Gasteiger partial charge in [-0.05, 0) is 45.7 Å². The molecule has 27 heavy (non-hydrogen) atoms. The van der Waals surface area contributed by atoms with Crippen molar-refractivity contribution in [3.05, 3.63) is 36.9 Å². The predicted octanol–water partition coefficient (Wildman–Crippen LogP) is 3.93. The van der Waals surface area contributed by atoms with Crippen molar-refractivity contribution in [2.45, 2.75) is 39.2 Å². The first-order valence-electron chi connectivity index (χ1n) is 9.09. The Bertz CT molecular complexity index is 796. The number of anilines is 1. The summed E-state index contributed by atoms with van der Waals surface area (Å²) < 4.78 is 10.7. The topological polar surface area (TPSA) is 84.7 Å². The Labute approximate surface area is 158 Å². The molecule has 2 aromatic rings. The monoisotopic (exact) mass is 371 g/mol. The number of carbonyl (C=O) groups excluding carboxylic acids is 2. The van der Waals surface area contributed by atoms with Crippen molar-refractivity contribution in [3.63, 3.8) is 0 Å². The van der Waals surface area contributed by atoms with E-state index in [4.69, 9.17) is 9.15 Å². The molecule has 0 radical (unpaired) electrons. The summed E-state index contributed by atoms with van der Waals surface area (Å²) in [6.07, 6.45) is 4.14. The van der Waals surface area contributed by atoms with Crippen LogP contribution in [0.2, 0.25) is 0 Å². The number of ether oxygens (including phenoxy) is 1. The van der Waals surface area contributed by atoms with Crippen LogP contribution in [-0.4, -0.2) is 40.6 Å². The lowest BCUT2D eigenvalue weighted by molar-refractivity contribution is -0.121. The summed E-state index contributed by atoms with van der Waals surface area (Å²) >= 11 is 0. The van der Waals surface area contributed by atoms with Crippen LogP contribution >= 0.6 is 0 Å². The largest absolute Gasteiger partial charge is 0.444 e. The molecule has 2 heterocycles. The lowest BCUT2D eigenvalue weighted by Gasteiger charge is -2.33. The number of nitrogens with zero attached hydrogens (tertiary/aromatic N) is 2. The molecule has 1 fully saturated rings. The Hall–Kier alpha value is -2.83. The molecule has 3 rings (SSSR count). The van der Waals surface area contributed by atoms with Crippen LogP contribution in [0.1, 0.15) is 33.6 Å². The Kier molecular flexibility index (Phi) is 5.48. The van der Waals surface area contributed by atoms with E-state index in [1.54, 1.807) is 11.1 Å². The average molecular weight is 371 g/mol. The van der Waals surface area contributed by atoms with Crippen LogP contribution in [0.3, 0.4) is 0 Å². The van der Waals surface area contributed by atoms with E-state index in [2.05, 4.69) is 10.3 Å². The van der Waals surface area contributed by atoms with E-state index in [1.807, 2.05) is 45.0 Å². The van der Waals surface area contributed by atoms with Crippen molar-refractivity contribution in [2.24, 2.45) is 5.92 Å². The molecular formula is C20H25N3O4. The fourth-order valence-electron chi connectivity index (χ4n) is 3.04. The highest BCUT2D eigenvalue weighted by atomic mass is 16.6. The van der Waals surface area contributed by atoms with Gasteiger partial charge in [-0.3, -0.25) is 4.79 Å². The smallest absolute Gasteiger partial charge is 0.410 e. The van der Waals surface area contributed by atoms with Gasteiger partial charge in [0, 0.05) is 24.3 Å². The van der Waals surface area contributed by atoms with Gasteiger partial charge in [-0.2, -0.15) is 0 Å². The van der Waals surface area contributed by atoms with E-state index in [0.29, 0.717) is 24.5 Å². The first kappa shape index (κ1) is 18.9. The van der Waals surface area contributed by atoms with Crippen molar-refractivity contribution in [2.75, 3.05) is 18.4 Å². The molecule has 1 aromatic carbocycles. The summed E-state index contributed by atoms with van der Waals surface area (Å²) in [6.45, 7) is 6.48. The van der Waals surface area contributed by atoms with Gasteiger partial charge in [0.05, 0.1) is 12.1 Å². The standard InChI is InChI=1S/C20H25N3O4/c1-20(2,3)27-19(25)23-9-5-7-15(12-23)18(24)22-16-8-4-6-14(10-16)17-11-21-13-26-17/h4,6,8,10-11,13,15H,5,7,9,12H2,1-3H3,(H,22,24). The zero-order valence-corrected chi connectivity index (χ0v) is 15.9. The van der Waals surface area contributed by atoms with Crippen molar-refractivity contribution < 1.29 is 18.7 Å². The molecule has 0 bridgehead atoms. The number of piperidine rings is 1. The second kappa shape index (κ2) is 7.82. The van der Waals surface area contributed by atoms with Crippen LogP contribution in [0.4, 0.5) is 10.5 Å². The molecule has 1 N–H and O–H groups in total. The Balaban J connectivity index is 1.62. The molecule has 0 saturated carbocycles. The summed E-state index contributed by atoms with van der Waals surface area (Å²) in [5.41, 5.74) is 0.973. The summed E-state index contributed by atoms with van der Waals surface area (Å²) in [4.78, 5) is 30.5. The van der Waals surface area contributed by atoms with Crippen LogP contribution < -0.4 is 5.32 Å². The van der Waals surface area contributed by atoms with E-state index >= 15 is 0 Å². The van der Waals surface area contributed by atoms with E-state index in [1.165, 1.54) is 6.39 Å². The zero-order chi connectivity index (χ0) is 19.4. The van der Waals surface area contributed by atoms with Gasteiger partial charge in [0.1, 0.15) is 5.60 Å². The van der Waals surface area contributed by atoms with Crippen molar-refractivity contribution >= 4 is 17.7 Å². The van der Waals surface area contributed by atoms with E-state index in [-0.39, 0.29) is 17.9 Å². The van der Waals surface area contributed by atoms with Crippen LogP contribution in [0.15, 0.2) is 41.3 Å². The van der Waals surface area contributed by atoms with Gasteiger partial charge in [0.15, 0.2) is 12.2 Å². The molecule has 2 amide bonds. The van der Waals surface area contributed by atoms with Crippen molar-refractivity contribution in [1.82, 2.24) is 9.88 Å². The molecule has 1 atom stereocenters. The van der Waals surface area contributed by atoms with Gasteiger partial charge in [-0.25, -0.2) is 9.78 Å². The Morgan fingerprint density at radius 3 is 2.85 bits per heavy atom. The van der Waals surface area contributed by atoms with Crippen molar-refractivity contribution in [1.29, 1.82) is 0 Å². The lowest BCUT2D eigenvalue weighted by Crippen LogP contribution is -2.45. The minimum absolute atomic E-state index is 0.0991. The van der Waals surface area contributed by atoms with Crippen molar-refractivity contribution in [3.8, 4) is 11.3 Å². The lowest BCUT2D eigenvalue weighted by atomic mass is 9.97. The maximum atomic E-state index is 12.7. The number of aromatic nitrogens is 1. The first-order valence-corrected chi connectivity index (χ1v) is 9.09. The summed E-state index contributed by atoms with van der Waals surface area (Å²) in [6, 6.07) is 7.40. The number of hydrogen-bond donors (Lipinski definition) is 1. The van der Waals surface area contributed by atoms with Crippen LogP contribution in [0, 0.1) is 5.92 Å². The molecule has 7 heteroatoms. The molecule has 7 nitrogen and oxygen atoms in total. The van der Waals surface area contributed by atoms with Gasteiger partial charge in [-0.15, -0.1) is 0 Å². The van der Waals surface area contributed by atoms with Gasteiger partial charge in [-0.1, -0.05) is 12.1 Å². The van der Waals surface area contributed by atoms with Gasteiger partial charge in [0.25, 0.3) is 0 Å². The number of hydrogen-bond acceptors (Lipinski definition) is 5.